The molecule has 1 N–H and O–H groups in total. The van der Waals surface area contributed by atoms with E-state index in [1.54, 1.807) is 51.6 Å². The van der Waals surface area contributed by atoms with Gasteiger partial charge < -0.3 is 24.4 Å². The highest BCUT2D eigenvalue weighted by Crippen LogP contribution is 2.29. The van der Waals surface area contributed by atoms with Crippen LogP contribution in [0.5, 0.6) is 17.2 Å². The van der Waals surface area contributed by atoms with E-state index in [0.717, 1.165) is 11.3 Å². The highest BCUT2D eigenvalue weighted by atomic mass is 16.5. The normalized spacial score (nSPS) is 10.3. The summed E-state index contributed by atoms with van der Waals surface area (Å²) in [5.74, 6) is 2.39. The fourth-order valence-corrected chi connectivity index (χ4v) is 3.19. The maximum Gasteiger partial charge on any atom is 0.257 e. The molecule has 0 radical (unpaired) electrons. The number of pyridine rings is 1. The first-order valence-corrected chi connectivity index (χ1v) is 9.88. The van der Waals surface area contributed by atoms with Gasteiger partial charge >= 0.3 is 0 Å². The van der Waals surface area contributed by atoms with Gasteiger partial charge in [-0.15, -0.1) is 0 Å². The summed E-state index contributed by atoms with van der Waals surface area (Å²) in [5, 5.41) is 3.22. The quantitative estimate of drug-likeness (QED) is 0.559. The largest absolute Gasteiger partial charge is 0.495 e. The molecule has 0 saturated carbocycles. The molecule has 0 spiro atoms. The molecule has 7 nitrogen and oxygen atoms in total. The lowest BCUT2D eigenvalue weighted by Gasteiger charge is -2.20. The van der Waals surface area contributed by atoms with Crippen molar-refractivity contribution in [1.29, 1.82) is 0 Å². The van der Waals surface area contributed by atoms with Crippen LogP contribution in [0, 0.1) is 0 Å². The Labute approximate surface area is 182 Å². The second-order valence-electron chi connectivity index (χ2n) is 6.89. The summed E-state index contributed by atoms with van der Waals surface area (Å²) in [4.78, 5) is 19.2. The predicted octanol–water partition coefficient (Wildman–Crippen LogP) is 4.17. The molecular weight excluding hydrogens is 394 g/mol. The van der Waals surface area contributed by atoms with E-state index in [1.807, 2.05) is 42.5 Å². The van der Waals surface area contributed by atoms with Gasteiger partial charge in [0, 0.05) is 19.8 Å². The minimum absolute atomic E-state index is 0.119. The molecular formula is C24H27N3O4. The SMILES string of the molecule is COc1ccccc1Nc1ncccc1C(=O)N(C)CCc1ccc(OC)c(OC)c1. The van der Waals surface area contributed by atoms with E-state index in [9.17, 15) is 4.79 Å². The highest BCUT2D eigenvalue weighted by Gasteiger charge is 2.18. The van der Waals surface area contributed by atoms with Crippen molar-refractivity contribution in [2.45, 2.75) is 6.42 Å². The van der Waals surface area contributed by atoms with Crippen molar-refractivity contribution >= 4 is 17.4 Å². The summed E-state index contributed by atoms with van der Waals surface area (Å²) in [6.07, 6.45) is 2.33. The summed E-state index contributed by atoms with van der Waals surface area (Å²) < 4.78 is 16.0. The van der Waals surface area contributed by atoms with Gasteiger partial charge in [-0.25, -0.2) is 4.98 Å². The molecule has 3 aromatic rings. The summed E-state index contributed by atoms with van der Waals surface area (Å²) in [7, 11) is 6.60. The van der Waals surface area contributed by atoms with Crippen LogP contribution in [0.4, 0.5) is 11.5 Å². The summed E-state index contributed by atoms with van der Waals surface area (Å²) in [6, 6.07) is 16.8. The minimum atomic E-state index is -0.119. The summed E-state index contributed by atoms with van der Waals surface area (Å²) in [5.41, 5.74) is 2.28. The van der Waals surface area contributed by atoms with Crippen molar-refractivity contribution in [3.05, 3.63) is 71.9 Å². The molecule has 3 rings (SSSR count). The fourth-order valence-electron chi connectivity index (χ4n) is 3.19. The minimum Gasteiger partial charge on any atom is -0.495 e. The number of methoxy groups -OCH3 is 3. The standard InChI is InChI=1S/C24H27N3O4/c1-27(15-13-17-11-12-21(30-3)22(16-17)31-4)24(28)18-8-7-14-25-23(18)26-19-9-5-6-10-20(19)29-2/h5-12,14,16H,13,15H2,1-4H3,(H,25,26). The van der Waals surface area contributed by atoms with E-state index in [4.69, 9.17) is 14.2 Å². The molecule has 1 amide bonds. The van der Waals surface area contributed by atoms with E-state index in [-0.39, 0.29) is 5.91 Å². The van der Waals surface area contributed by atoms with Crippen molar-refractivity contribution < 1.29 is 19.0 Å². The van der Waals surface area contributed by atoms with Crippen molar-refractivity contribution in [3.8, 4) is 17.2 Å². The van der Waals surface area contributed by atoms with E-state index >= 15 is 0 Å². The lowest BCUT2D eigenvalue weighted by atomic mass is 10.1. The first-order chi connectivity index (χ1) is 15.1. The van der Waals surface area contributed by atoms with Gasteiger partial charge in [-0.05, 0) is 48.4 Å². The predicted molar refractivity (Wildman–Crippen MR) is 121 cm³/mol. The molecule has 0 atom stereocenters. The first kappa shape index (κ1) is 22.0. The molecule has 7 heteroatoms. The maximum absolute atomic E-state index is 13.1. The number of rotatable bonds is 9. The lowest BCUT2D eigenvalue weighted by molar-refractivity contribution is 0.0797. The maximum atomic E-state index is 13.1. The number of anilines is 2. The van der Waals surface area contributed by atoms with Crippen LogP contribution < -0.4 is 19.5 Å². The van der Waals surface area contributed by atoms with Crippen LogP contribution in [-0.2, 0) is 6.42 Å². The zero-order chi connectivity index (χ0) is 22.2. The average Bonchev–Trinajstić information content (AvgIpc) is 2.82. The van der Waals surface area contributed by atoms with Crippen LogP contribution in [0.25, 0.3) is 0 Å². The second kappa shape index (κ2) is 10.3. The van der Waals surface area contributed by atoms with E-state index in [0.29, 0.717) is 41.6 Å². The Kier molecular flexibility index (Phi) is 7.32. The molecule has 162 valence electrons. The second-order valence-corrected chi connectivity index (χ2v) is 6.89. The van der Waals surface area contributed by atoms with Gasteiger partial charge in [0.05, 0.1) is 32.6 Å². The molecule has 0 aliphatic rings. The van der Waals surface area contributed by atoms with Crippen LogP contribution in [0.15, 0.2) is 60.8 Å². The number of ether oxygens (including phenoxy) is 3. The van der Waals surface area contributed by atoms with Crippen LogP contribution in [0.1, 0.15) is 15.9 Å². The molecule has 0 saturated heterocycles. The number of nitrogens with zero attached hydrogens (tertiary/aromatic N) is 2. The first-order valence-electron chi connectivity index (χ1n) is 9.88. The van der Waals surface area contributed by atoms with Gasteiger partial charge in [0.1, 0.15) is 11.6 Å². The molecule has 0 fully saturated rings. The number of hydrogen-bond donors (Lipinski definition) is 1. The lowest BCUT2D eigenvalue weighted by Crippen LogP contribution is -2.29. The number of para-hydroxylation sites is 2. The van der Waals surface area contributed by atoms with E-state index in [2.05, 4.69) is 10.3 Å². The van der Waals surface area contributed by atoms with Gasteiger partial charge in [0.2, 0.25) is 0 Å². The zero-order valence-corrected chi connectivity index (χ0v) is 18.2. The fraction of sp³-hybridized carbons (Fsp3) is 0.250. The average molecular weight is 421 g/mol. The molecule has 31 heavy (non-hydrogen) atoms. The van der Waals surface area contributed by atoms with E-state index in [1.165, 1.54) is 0 Å². The number of hydrogen-bond acceptors (Lipinski definition) is 6. The van der Waals surface area contributed by atoms with Gasteiger partial charge in [-0.2, -0.15) is 0 Å². The third-order valence-electron chi connectivity index (χ3n) is 4.93. The molecule has 2 aromatic carbocycles. The Morgan fingerprint density at radius 2 is 1.68 bits per heavy atom. The van der Waals surface area contributed by atoms with Crippen molar-refractivity contribution in [2.24, 2.45) is 0 Å². The third kappa shape index (κ3) is 5.25. The number of carbonyl (C=O) groups excluding carboxylic acids is 1. The van der Waals surface area contributed by atoms with Gasteiger partial charge in [0.15, 0.2) is 11.5 Å². The van der Waals surface area contributed by atoms with Crippen LogP contribution >= 0.6 is 0 Å². The number of benzene rings is 2. The topological polar surface area (TPSA) is 72.9 Å². The smallest absolute Gasteiger partial charge is 0.257 e. The monoisotopic (exact) mass is 421 g/mol. The summed E-state index contributed by atoms with van der Waals surface area (Å²) >= 11 is 0. The van der Waals surface area contributed by atoms with Crippen molar-refractivity contribution in [1.82, 2.24) is 9.88 Å². The zero-order valence-electron chi connectivity index (χ0n) is 18.2. The van der Waals surface area contributed by atoms with Crippen LogP contribution in [-0.4, -0.2) is 50.7 Å². The Morgan fingerprint density at radius 3 is 2.42 bits per heavy atom. The van der Waals surface area contributed by atoms with Gasteiger partial charge in [0.25, 0.3) is 5.91 Å². The molecule has 0 bridgehead atoms. The molecule has 0 aliphatic heterocycles. The number of likely N-dealkylation sites (N-methyl/N-ethyl adjacent to an activating group) is 1. The van der Waals surface area contributed by atoms with Crippen molar-refractivity contribution in [2.75, 3.05) is 40.2 Å². The number of amides is 1. The molecule has 1 aromatic heterocycles. The van der Waals surface area contributed by atoms with E-state index < -0.39 is 0 Å². The Balaban J connectivity index is 1.73. The highest BCUT2D eigenvalue weighted by molar-refractivity contribution is 5.99. The van der Waals surface area contributed by atoms with Gasteiger partial charge in [-0.3, -0.25) is 4.79 Å². The molecule has 1 heterocycles. The van der Waals surface area contributed by atoms with Crippen molar-refractivity contribution in [3.63, 3.8) is 0 Å². The molecule has 0 unspecified atom stereocenters. The Bertz CT molecular complexity index is 1040. The number of aromatic nitrogens is 1. The summed E-state index contributed by atoms with van der Waals surface area (Å²) in [6.45, 7) is 0.539. The van der Waals surface area contributed by atoms with Crippen LogP contribution in [0.3, 0.4) is 0 Å². The Hall–Kier alpha value is -3.74. The van der Waals surface area contributed by atoms with Gasteiger partial charge in [-0.1, -0.05) is 18.2 Å². The third-order valence-corrected chi connectivity index (χ3v) is 4.93. The number of nitrogens with one attached hydrogen (secondary N) is 1. The number of carbonyl (C=O) groups is 1. The van der Waals surface area contributed by atoms with Crippen LogP contribution in [0.2, 0.25) is 0 Å². The Morgan fingerprint density at radius 1 is 0.935 bits per heavy atom. The molecule has 0 aliphatic carbocycles.